The second-order valence-electron chi connectivity index (χ2n) is 5.68. The summed E-state index contributed by atoms with van der Waals surface area (Å²) in [6, 6.07) is 9.29. The maximum Gasteiger partial charge on any atom is 0.246 e. The lowest BCUT2D eigenvalue weighted by Gasteiger charge is -2.37. The quantitative estimate of drug-likeness (QED) is 0.850. The number of hydrogen-bond acceptors (Lipinski definition) is 2. The standard InChI is InChI=1S/C15H18N2O2/c1-15(11-7-8-11)14(19)16-12(13(18)17-15)9-10-5-3-2-4-6-10/h2-6,11-12H,7-9H2,1H3,(H,16,19)(H,17,18). The zero-order valence-electron chi connectivity index (χ0n) is 11.0. The van der Waals surface area contributed by atoms with Gasteiger partial charge >= 0.3 is 0 Å². The summed E-state index contributed by atoms with van der Waals surface area (Å²) in [5.74, 6) is 0.183. The van der Waals surface area contributed by atoms with E-state index in [-0.39, 0.29) is 11.8 Å². The summed E-state index contributed by atoms with van der Waals surface area (Å²) >= 11 is 0. The fraction of sp³-hybridized carbons (Fsp3) is 0.467. The highest BCUT2D eigenvalue weighted by atomic mass is 16.2. The fourth-order valence-corrected chi connectivity index (χ4v) is 2.72. The highest BCUT2D eigenvalue weighted by Crippen LogP contribution is 2.40. The Morgan fingerprint density at radius 2 is 1.89 bits per heavy atom. The van der Waals surface area contributed by atoms with E-state index in [9.17, 15) is 9.59 Å². The molecule has 2 amide bonds. The molecule has 1 aromatic rings. The van der Waals surface area contributed by atoms with Gasteiger partial charge in [0.1, 0.15) is 11.6 Å². The molecule has 1 aromatic carbocycles. The Kier molecular flexibility index (Phi) is 2.81. The highest BCUT2D eigenvalue weighted by Gasteiger charge is 2.52. The minimum Gasteiger partial charge on any atom is -0.342 e. The molecule has 1 aliphatic carbocycles. The average Bonchev–Trinajstić information content (AvgIpc) is 3.22. The molecule has 2 N–H and O–H groups in total. The van der Waals surface area contributed by atoms with E-state index in [2.05, 4.69) is 10.6 Å². The number of rotatable bonds is 3. The zero-order chi connectivity index (χ0) is 13.5. The van der Waals surface area contributed by atoms with E-state index < -0.39 is 11.6 Å². The van der Waals surface area contributed by atoms with Crippen LogP contribution in [0.15, 0.2) is 30.3 Å². The van der Waals surface area contributed by atoms with Gasteiger partial charge < -0.3 is 10.6 Å². The van der Waals surface area contributed by atoms with Gasteiger partial charge in [0.25, 0.3) is 0 Å². The number of nitrogens with one attached hydrogen (secondary N) is 2. The van der Waals surface area contributed by atoms with E-state index in [4.69, 9.17) is 0 Å². The van der Waals surface area contributed by atoms with Crippen LogP contribution in [0.5, 0.6) is 0 Å². The smallest absolute Gasteiger partial charge is 0.246 e. The maximum atomic E-state index is 12.2. The molecule has 100 valence electrons. The molecule has 1 saturated carbocycles. The summed E-state index contributed by atoms with van der Waals surface area (Å²) in [5.41, 5.74) is 0.350. The molecule has 1 heterocycles. The first kappa shape index (κ1) is 12.2. The summed E-state index contributed by atoms with van der Waals surface area (Å²) in [6.45, 7) is 1.83. The topological polar surface area (TPSA) is 58.2 Å². The largest absolute Gasteiger partial charge is 0.342 e. The number of carbonyl (C=O) groups excluding carboxylic acids is 2. The van der Waals surface area contributed by atoms with E-state index in [1.807, 2.05) is 37.3 Å². The van der Waals surface area contributed by atoms with Crippen LogP contribution in [0, 0.1) is 5.92 Å². The first-order chi connectivity index (χ1) is 9.09. The molecule has 0 radical (unpaired) electrons. The van der Waals surface area contributed by atoms with Crippen molar-refractivity contribution in [2.75, 3.05) is 0 Å². The molecule has 4 heteroatoms. The molecule has 1 saturated heterocycles. The van der Waals surface area contributed by atoms with Gasteiger partial charge in [-0.05, 0) is 31.2 Å². The first-order valence-corrected chi connectivity index (χ1v) is 6.76. The Bertz CT molecular complexity index is 510. The molecule has 19 heavy (non-hydrogen) atoms. The van der Waals surface area contributed by atoms with Gasteiger partial charge in [-0.2, -0.15) is 0 Å². The molecule has 0 bridgehead atoms. The molecular formula is C15H18N2O2. The lowest BCUT2D eigenvalue weighted by molar-refractivity contribution is -0.141. The van der Waals surface area contributed by atoms with Crippen molar-refractivity contribution in [3.05, 3.63) is 35.9 Å². The second kappa shape index (κ2) is 4.37. The van der Waals surface area contributed by atoms with Crippen LogP contribution in [0.1, 0.15) is 25.3 Å². The van der Waals surface area contributed by atoms with Gasteiger partial charge in [-0.15, -0.1) is 0 Å². The maximum absolute atomic E-state index is 12.2. The third-order valence-corrected chi connectivity index (χ3v) is 4.15. The number of piperazine rings is 1. The van der Waals surface area contributed by atoms with E-state index in [1.54, 1.807) is 0 Å². The summed E-state index contributed by atoms with van der Waals surface area (Å²) in [5, 5.41) is 5.80. The lowest BCUT2D eigenvalue weighted by atomic mass is 9.89. The Labute approximate surface area is 112 Å². The molecule has 3 rings (SSSR count). The molecule has 2 aliphatic rings. The van der Waals surface area contributed by atoms with Crippen molar-refractivity contribution in [2.45, 2.75) is 37.8 Å². The average molecular weight is 258 g/mol. The predicted molar refractivity (Wildman–Crippen MR) is 71.3 cm³/mol. The van der Waals surface area contributed by atoms with Crippen molar-refractivity contribution in [3.63, 3.8) is 0 Å². The SMILES string of the molecule is CC1(C2CC2)NC(=O)C(Cc2ccccc2)NC1=O. The van der Waals surface area contributed by atoms with Crippen molar-refractivity contribution in [1.82, 2.24) is 10.6 Å². The van der Waals surface area contributed by atoms with Gasteiger partial charge in [0.2, 0.25) is 11.8 Å². The van der Waals surface area contributed by atoms with E-state index in [1.165, 1.54) is 0 Å². The Morgan fingerprint density at radius 3 is 2.53 bits per heavy atom. The highest BCUT2D eigenvalue weighted by molar-refractivity contribution is 6.00. The summed E-state index contributed by atoms with van der Waals surface area (Å²) in [6.07, 6.45) is 2.58. The third-order valence-electron chi connectivity index (χ3n) is 4.15. The summed E-state index contributed by atoms with van der Waals surface area (Å²) in [4.78, 5) is 24.4. The first-order valence-electron chi connectivity index (χ1n) is 6.76. The normalized spacial score (nSPS) is 30.7. The van der Waals surface area contributed by atoms with E-state index in [0.29, 0.717) is 12.3 Å². The van der Waals surface area contributed by atoms with Gasteiger partial charge in [0, 0.05) is 6.42 Å². The molecule has 1 aliphatic heterocycles. The van der Waals surface area contributed by atoms with Crippen molar-refractivity contribution < 1.29 is 9.59 Å². The van der Waals surface area contributed by atoms with Crippen LogP contribution in [0.2, 0.25) is 0 Å². The number of carbonyl (C=O) groups is 2. The minimum absolute atomic E-state index is 0.0458. The van der Waals surface area contributed by atoms with Crippen LogP contribution < -0.4 is 10.6 Å². The third kappa shape index (κ3) is 2.23. The monoisotopic (exact) mass is 258 g/mol. The van der Waals surface area contributed by atoms with Gasteiger partial charge in [-0.3, -0.25) is 9.59 Å². The van der Waals surface area contributed by atoms with Crippen LogP contribution in [-0.4, -0.2) is 23.4 Å². The van der Waals surface area contributed by atoms with Gasteiger partial charge in [-0.25, -0.2) is 0 Å². The van der Waals surface area contributed by atoms with Crippen molar-refractivity contribution in [3.8, 4) is 0 Å². The molecule has 2 unspecified atom stereocenters. The van der Waals surface area contributed by atoms with Crippen LogP contribution >= 0.6 is 0 Å². The molecule has 0 spiro atoms. The van der Waals surface area contributed by atoms with Gasteiger partial charge in [-0.1, -0.05) is 30.3 Å². The van der Waals surface area contributed by atoms with E-state index >= 15 is 0 Å². The molecule has 0 aromatic heterocycles. The predicted octanol–water partition coefficient (Wildman–Crippen LogP) is 1.01. The van der Waals surface area contributed by atoms with Gasteiger partial charge in [0.05, 0.1) is 0 Å². The number of amides is 2. The summed E-state index contributed by atoms with van der Waals surface area (Å²) < 4.78 is 0. The van der Waals surface area contributed by atoms with Crippen LogP contribution in [-0.2, 0) is 16.0 Å². The Balaban J connectivity index is 1.72. The van der Waals surface area contributed by atoms with Crippen LogP contribution in [0.25, 0.3) is 0 Å². The Morgan fingerprint density at radius 1 is 1.21 bits per heavy atom. The molecular weight excluding hydrogens is 240 g/mol. The van der Waals surface area contributed by atoms with Crippen LogP contribution in [0.4, 0.5) is 0 Å². The Hall–Kier alpha value is -1.84. The molecule has 4 nitrogen and oxygen atoms in total. The lowest BCUT2D eigenvalue weighted by Crippen LogP contribution is -2.69. The van der Waals surface area contributed by atoms with Gasteiger partial charge in [0.15, 0.2) is 0 Å². The second-order valence-corrected chi connectivity index (χ2v) is 5.68. The van der Waals surface area contributed by atoms with E-state index in [0.717, 1.165) is 18.4 Å². The van der Waals surface area contributed by atoms with Crippen molar-refractivity contribution >= 4 is 11.8 Å². The van der Waals surface area contributed by atoms with Crippen LogP contribution in [0.3, 0.4) is 0 Å². The minimum atomic E-state index is -0.704. The number of hydrogen-bond donors (Lipinski definition) is 2. The fourth-order valence-electron chi connectivity index (χ4n) is 2.72. The molecule has 2 fully saturated rings. The zero-order valence-corrected chi connectivity index (χ0v) is 11.0. The molecule has 2 atom stereocenters. The summed E-state index contributed by atoms with van der Waals surface area (Å²) in [7, 11) is 0. The van der Waals surface area contributed by atoms with Crippen molar-refractivity contribution in [2.24, 2.45) is 5.92 Å². The number of benzene rings is 1. The van der Waals surface area contributed by atoms with Crippen molar-refractivity contribution in [1.29, 1.82) is 0 Å².